The van der Waals surface area contributed by atoms with Crippen molar-refractivity contribution < 1.29 is 13.2 Å². The third-order valence-electron chi connectivity index (χ3n) is 4.20. The molecule has 0 aromatic heterocycles. The molecule has 0 heterocycles. The molecule has 1 aromatic carbocycles. The first kappa shape index (κ1) is 17.9. The molecule has 7 heteroatoms. The summed E-state index contributed by atoms with van der Waals surface area (Å²) in [5.41, 5.74) is 6.99. The summed E-state index contributed by atoms with van der Waals surface area (Å²) in [5.74, 6) is -0.248. The van der Waals surface area contributed by atoms with Gasteiger partial charge in [0.25, 0.3) is 0 Å². The minimum absolute atomic E-state index is 0.0384. The van der Waals surface area contributed by atoms with Crippen LogP contribution in [0.25, 0.3) is 0 Å². The molecule has 2 unspecified atom stereocenters. The van der Waals surface area contributed by atoms with Gasteiger partial charge in [0.1, 0.15) is 0 Å². The maximum atomic E-state index is 12.4. The van der Waals surface area contributed by atoms with Gasteiger partial charge in [0, 0.05) is 11.7 Å². The molecule has 128 valence electrons. The van der Waals surface area contributed by atoms with E-state index >= 15 is 0 Å². The van der Waals surface area contributed by atoms with Gasteiger partial charge in [0.2, 0.25) is 15.9 Å². The van der Waals surface area contributed by atoms with Gasteiger partial charge < -0.3 is 11.1 Å². The number of anilines is 1. The topological polar surface area (TPSA) is 101 Å². The Balaban J connectivity index is 2.18. The predicted molar refractivity (Wildman–Crippen MR) is 90.6 cm³/mol. The molecule has 2 atom stereocenters. The molecule has 0 saturated heterocycles. The smallest absolute Gasteiger partial charge is 0.241 e. The largest absolute Gasteiger partial charge is 0.325 e. The van der Waals surface area contributed by atoms with E-state index in [9.17, 15) is 13.2 Å². The molecule has 1 aromatic rings. The van der Waals surface area contributed by atoms with Crippen molar-refractivity contribution in [2.45, 2.75) is 57.0 Å². The summed E-state index contributed by atoms with van der Waals surface area (Å²) in [4.78, 5) is 12.3. The summed E-state index contributed by atoms with van der Waals surface area (Å²) in [5, 5.41) is 2.71. The highest BCUT2D eigenvalue weighted by Gasteiger charge is 2.29. The predicted octanol–water partition coefficient (Wildman–Crippen LogP) is 1.75. The summed E-state index contributed by atoms with van der Waals surface area (Å²) in [6.07, 6.45) is 2.55. The van der Waals surface area contributed by atoms with Crippen LogP contribution in [-0.4, -0.2) is 26.4 Å². The van der Waals surface area contributed by atoms with Crippen molar-refractivity contribution >= 4 is 21.6 Å². The quantitative estimate of drug-likeness (QED) is 0.704. The van der Waals surface area contributed by atoms with Crippen LogP contribution in [-0.2, 0) is 14.8 Å². The molecule has 23 heavy (non-hydrogen) atoms. The third-order valence-corrected chi connectivity index (χ3v) is 5.87. The van der Waals surface area contributed by atoms with E-state index in [-0.39, 0.29) is 22.8 Å². The van der Waals surface area contributed by atoms with Crippen molar-refractivity contribution in [2.75, 3.05) is 5.32 Å². The number of aryl methyl sites for hydroxylation is 1. The molecule has 0 spiro atoms. The zero-order chi connectivity index (χ0) is 17.2. The zero-order valence-corrected chi connectivity index (χ0v) is 14.6. The molecular formula is C16H25N3O3S. The Morgan fingerprint density at radius 2 is 2.04 bits per heavy atom. The lowest BCUT2D eigenvalue weighted by atomic mass is 9.99. The molecular weight excluding hydrogens is 314 g/mol. The minimum Gasteiger partial charge on any atom is -0.325 e. The number of benzene rings is 1. The SMILES string of the molecule is CCC(C)C(N)C(=O)Nc1ccc(C)c(S(=O)(=O)NC2CC2)c1. The van der Waals surface area contributed by atoms with Crippen molar-refractivity contribution in [3.63, 3.8) is 0 Å². The molecule has 0 radical (unpaired) electrons. The van der Waals surface area contributed by atoms with Gasteiger partial charge in [-0.2, -0.15) is 0 Å². The number of nitrogens with one attached hydrogen (secondary N) is 2. The van der Waals surface area contributed by atoms with Gasteiger partial charge in [0.05, 0.1) is 10.9 Å². The monoisotopic (exact) mass is 339 g/mol. The highest BCUT2D eigenvalue weighted by Crippen LogP contribution is 2.25. The number of hydrogen-bond donors (Lipinski definition) is 3. The maximum absolute atomic E-state index is 12.4. The van der Waals surface area contributed by atoms with Gasteiger partial charge >= 0.3 is 0 Å². The van der Waals surface area contributed by atoms with Crippen LogP contribution in [0.4, 0.5) is 5.69 Å². The van der Waals surface area contributed by atoms with E-state index in [0.29, 0.717) is 11.3 Å². The second-order valence-corrected chi connectivity index (χ2v) is 7.96. The standard InChI is InChI=1S/C16H25N3O3S/c1-4-10(2)15(17)16(20)18-13-6-5-11(3)14(9-13)23(21,22)19-12-7-8-12/h5-6,9-10,12,15,19H,4,7-8,17H2,1-3H3,(H,18,20). The highest BCUT2D eigenvalue weighted by molar-refractivity contribution is 7.89. The first-order chi connectivity index (χ1) is 10.7. The third kappa shape index (κ3) is 4.53. The number of rotatable bonds is 7. The molecule has 1 fully saturated rings. The van der Waals surface area contributed by atoms with Crippen LogP contribution in [0.2, 0.25) is 0 Å². The summed E-state index contributed by atoms with van der Waals surface area (Å²) in [7, 11) is -3.56. The second-order valence-electron chi connectivity index (χ2n) is 6.28. The van der Waals surface area contributed by atoms with Crippen LogP contribution in [0.5, 0.6) is 0 Å². The Bertz CT molecular complexity index is 684. The lowest BCUT2D eigenvalue weighted by Crippen LogP contribution is -2.40. The van der Waals surface area contributed by atoms with E-state index in [1.54, 1.807) is 19.1 Å². The fraction of sp³-hybridized carbons (Fsp3) is 0.562. The van der Waals surface area contributed by atoms with Crippen LogP contribution in [0, 0.1) is 12.8 Å². The van der Waals surface area contributed by atoms with Gasteiger partial charge in [0.15, 0.2) is 0 Å². The fourth-order valence-electron chi connectivity index (χ4n) is 2.19. The maximum Gasteiger partial charge on any atom is 0.241 e. The molecule has 6 nitrogen and oxygen atoms in total. The van der Waals surface area contributed by atoms with Gasteiger partial charge in [-0.3, -0.25) is 4.79 Å². The van der Waals surface area contributed by atoms with E-state index in [0.717, 1.165) is 19.3 Å². The molecule has 1 aliphatic carbocycles. The van der Waals surface area contributed by atoms with Crippen LogP contribution >= 0.6 is 0 Å². The summed E-state index contributed by atoms with van der Waals surface area (Å²) < 4.78 is 27.4. The van der Waals surface area contributed by atoms with Gasteiger partial charge in [-0.1, -0.05) is 26.3 Å². The van der Waals surface area contributed by atoms with Gasteiger partial charge in [-0.05, 0) is 43.4 Å². The molecule has 2 rings (SSSR count). The first-order valence-corrected chi connectivity index (χ1v) is 9.42. The number of amides is 1. The normalized spacial score (nSPS) is 17.6. The van der Waals surface area contributed by atoms with Crippen LogP contribution < -0.4 is 15.8 Å². The summed E-state index contributed by atoms with van der Waals surface area (Å²) in [6.45, 7) is 5.62. The molecule has 1 amide bonds. The Hall–Kier alpha value is -1.44. The molecule has 1 saturated carbocycles. The zero-order valence-electron chi connectivity index (χ0n) is 13.8. The molecule has 1 aliphatic rings. The van der Waals surface area contributed by atoms with Crippen molar-refractivity contribution in [3.8, 4) is 0 Å². The molecule has 4 N–H and O–H groups in total. The van der Waals surface area contributed by atoms with E-state index < -0.39 is 16.1 Å². The summed E-state index contributed by atoms with van der Waals surface area (Å²) in [6, 6.07) is 4.28. The van der Waals surface area contributed by atoms with Crippen molar-refractivity contribution in [3.05, 3.63) is 23.8 Å². The number of carbonyl (C=O) groups excluding carboxylic acids is 1. The number of carbonyl (C=O) groups is 1. The van der Waals surface area contributed by atoms with Crippen molar-refractivity contribution in [2.24, 2.45) is 11.7 Å². The molecule has 0 aliphatic heterocycles. The second kappa shape index (κ2) is 6.98. The Kier molecular flexibility index (Phi) is 5.44. The lowest BCUT2D eigenvalue weighted by molar-refractivity contribution is -0.118. The Labute approximate surface area is 137 Å². The average Bonchev–Trinajstić information content (AvgIpc) is 3.30. The lowest BCUT2D eigenvalue weighted by Gasteiger charge is -2.18. The number of nitrogens with two attached hydrogens (primary N) is 1. The van der Waals surface area contributed by atoms with E-state index in [4.69, 9.17) is 5.73 Å². The highest BCUT2D eigenvalue weighted by atomic mass is 32.2. The first-order valence-electron chi connectivity index (χ1n) is 7.94. The van der Waals surface area contributed by atoms with Gasteiger partial charge in [-0.25, -0.2) is 13.1 Å². The van der Waals surface area contributed by atoms with Gasteiger partial charge in [-0.15, -0.1) is 0 Å². The Morgan fingerprint density at radius 3 is 2.61 bits per heavy atom. The average molecular weight is 339 g/mol. The van der Waals surface area contributed by atoms with E-state index in [2.05, 4.69) is 10.0 Å². The van der Waals surface area contributed by atoms with Crippen LogP contribution in [0.15, 0.2) is 23.1 Å². The van der Waals surface area contributed by atoms with E-state index in [1.807, 2.05) is 13.8 Å². The number of sulfonamides is 1. The van der Waals surface area contributed by atoms with E-state index in [1.165, 1.54) is 6.07 Å². The molecule has 0 bridgehead atoms. The van der Waals surface area contributed by atoms with Crippen LogP contribution in [0.1, 0.15) is 38.7 Å². The Morgan fingerprint density at radius 1 is 1.39 bits per heavy atom. The fourth-order valence-corrected chi connectivity index (χ4v) is 3.76. The van der Waals surface area contributed by atoms with Crippen LogP contribution in [0.3, 0.4) is 0 Å². The minimum atomic E-state index is -3.56. The number of hydrogen-bond acceptors (Lipinski definition) is 4. The summed E-state index contributed by atoms with van der Waals surface area (Å²) >= 11 is 0. The van der Waals surface area contributed by atoms with Crippen molar-refractivity contribution in [1.29, 1.82) is 0 Å². The van der Waals surface area contributed by atoms with Crippen molar-refractivity contribution in [1.82, 2.24) is 4.72 Å².